The molecule has 0 aliphatic heterocycles. The highest BCUT2D eigenvalue weighted by molar-refractivity contribution is 5.97. The number of nitrogens with zero attached hydrogens (tertiary/aromatic N) is 2. The lowest BCUT2D eigenvalue weighted by Gasteiger charge is -2.03. The van der Waals surface area contributed by atoms with Gasteiger partial charge in [-0.15, -0.1) is 0 Å². The van der Waals surface area contributed by atoms with Gasteiger partial charge in [0, 0.05) is 26.3 Å². The number of aromatic hydroxyl groups is 1. The maximum Gasteiger partial charge on any atom is 0.155 e. The fourth-order valence-electron chi connectivity index (χ4n) is 2.14. The lowest BCUT2D eigenvalue weighted by molar-refractivity contribution is -0.118. The minimum Gasteiger partial charge on any atom is -0.507 e. The number of aryl methyl sites for hydroxylation is 2. The number of phenols is 1. The molecular formula is C14H16N2O3. The summed E-state index contributed by atoms with van der Waals surface area (Å²) in [5.41, 5.74) is 1.50. The van der Waals surface area contributed by atoms with E-state index in [1.54, 1.807) is 17.7 Å². The Labute approximate surface area is 110 Å². The monoisotopic (exact) mass is 260 g/mol. The van der Waals surface area contributed by atoms with Crippen LogP contribution >= 0.6 is 0 Å². The first-order valence-electron chi connectivity index (χ1n) is 6.22. The van der Waals surface area contributed by atoms with Crippen LogP contribution in [0.3, 0.4) is 0 Å². The van der Waals surface area contributed by atoms with Gasteiger partial charge < -0.3 is 9.67 Å². The molecule has 0 bridgehead atoms. The molecule has 1 heterocycles. The van der Waals surface area contributed by atoms with Crippen molar-refractivity contribution in [2.45, 2.75) is 26.2 Å². The number of carbonyl (C=O) groups excluding carboxylic acids is 2. The number of benzene rings is 1. The molecule has 100 valence electrons. The maximum absolute atomic E-state index is 11.4. The first-order valence-corrected chi connectivity index (χ1v) is 6.22. The molecule has 0 saturated carbocycles. The van der Waals surface area contributed by atoms with Gasteiger partial charge in [0.1, 0.15) is 17.4 Å². The number of aromatic nitrogens is 2. The topological polar surface area (TPSA) is 72.2 Å². The van der Waals surface area contributed by atoms with Crippen molar-refractivity contribution in [3.63, 3.8) is 0 Å². The number of aldehydes is 1. The zero-order valence-corrected chi connectivity index (χ0v) is 11.0. The zero-order chi connectivity index (χ0) is 14.0. The van der Waals surface area contributed by atoms with Crippen molar-refractivity contribution < 1.29 is 14.7 Å². The predicted octanol–water partition coefficient (Wildman–Crippen LogP) is 2.00. The van der Waals surface area contributed by atoms with E-state index >= 15 is 0 Å². The smallest absolute Gasteiger partial charge is 0.155 e. The van der Waals surface area contributed by atoms with Gasteiger partial charge in [0.05, 0.1) is 16.6 Å². The predicted molar refractivity (Wildman–Crippen MR) is 71.4 cm³/mol. The minimum absolute atomic E-state index is 0.0540. The lowest BCUT2D eigenvalue weighted by Crippen LogP contribution is -2.03. The van der Waals surface area contributed by atoms with Crippen LogP contribution in [0.25, 0.3) is 11.0 Å². The number of hydrogen-bond donors (Lipinski definition) is 1. The molecule has 2 aromatic rings. The molecule has 1 aromatic heterocycles. The number of hydrogen-bond acceptors (Lipinski definition) is 4. The number of rotatable bonds is 5. The van der Waals surface area contributed by atoms with E-state index < -0.39 is 0 Å². The van der Waals surface area contributed by atoms with E-state index in [0.717, 1.165) is 5.82 Å². The summed E-state index contributed by atoms with van der Waals surface area (Å²) in [6.45, 7) is 1.83. The Kier molecular flexibility index (Phi) is 3.64. The molecule has 2 rings (SSSR count). The van der Waals surface area contributed by atoms with E-state index in [-0.39, 0.29) is 17.1 Å². The summed E-state index contributed by atoms with van der Waals surface area (Å²) in [5, 5.41) is 9.67. The van der Waals surface area contributed by atoms with Crippen LogP contribution in [0.15, 0.2) is 12.1 Å². The van der Waals surface area contributed by atoms with Gasteiger partial charge in [-0.3, -0.25) is 9.59 Å². The summed E-state index contributed by atoms with van der Waals surface area (Å²) in [6, 6.07) is 3.13. The average molecular weight is 260 g/mol. The van der Waals surface area contributed by atoms with E-state index in [2.05, 4.69) is 4.98 Å². The van der Waals surface area contributed by atoms with Crippen LogP contribution < -0.4 is 0 Å². The van der Waals surface area contributed by atoms with Crippen LogP contribution in [-0.4, -0.2) is 26.7 Å². The van der Waals surface area contributed by atoms with Gasteiger partial charge in [-0.2, -0.15) is 0 Å². The number of ketones is 1. The van der Waals surface area contributed by atoms with E-state index in [4.69, 9.17) is 0 Å². The Morgan fingerprint density at radius 2 is 2.21 bits per heavy atom. The van der Waals surface area contributed by atoms with Gasteiger partial charge >= 0.3 is 0 Å². The Morgan fingerprint density at radius 1 is 1.47 bits per heavy atom. The molecule has 0 saturated heterocycles. The van der Waals surface area contributed by atoms with Crippen molar-refractivity contribution in [3.05, 3.63) is 23.5 Å². The summed E-state index contributed by atoms with van der Waals surface area (Å²) >= 11 is 0. The number of carbonyl (C=O) groups is 2. The molecule has 0 unspecified atom stereocenters. The summed E-state index contributed by atoms with van der Waals surface area (Å²) < 4.78 is 1.77. The number of imidazole rings is 1. The third-order valence-corrected chi connectivity index (χ3v) is 3.28. The van der Waals surface area contributed by atoms with Crippen molar-refractivity contribution in [1.29, 1.82) is 0 Å². The Hall–Kier alpha value is -2.17. The number of phenolic OH excluding ortho intramolecular Hbond substituents is 1. The van der Waals surface area contributed by atoms with E-state index in [0.29, 0.717) is 36.6 Å². The quantitative estimate of drug-likeness (QED) is 0.834. The van der Waals surface area contributed by atoms with E-state index in [1.165, 1.54) is 6.07 Å². The highest BCUT2D eigenvalue weighted by Gasteiger charge is 2.14. The molecule has 0 spiro atoms. The fraction of sp³-hybridized carbons (Fsp3) is 0.357. The lowest BCUT2D eigenvalue weighted by atomic mass is 10.1. The van der Waals surface area contributed by atoms with Crippen LogP contribution in [0, 0.1) is 0 Å². The second-order valence-electron chi connectivity index (χ2n) is 4.46. The zero-order valence-electron chi connectivity index (χ0n) is 11.0. The van der Waals surface area contributed by atoms with Crippen LogP contribution in [-0.2, 0) is 18.3 Å². The second kappa shape index (κ2) is 5.22. The third-order valence-electron chi connectivity index (χ3n) is 3.28. The molecule has 5 nitrogen and oxygen atoms in total. The van der Waals surface area contributed by atoms with Gasteiger partial charge in [0.25, 0.3) is 0 Å². The van der Waals surface area contributed by atoms with Gasteiger partial charge in [0.15, 0.2) is 6.29 Å². The molecule has 0 radical (unpaired) electrons. The molecule has 1 aromatic carbocycles. The number of fused-ring (bicyclic) bond motifs is 1. The largest absolute Gasteiger partial charge is 0.507 e. The Bertz CT molecular complexity index is 644. The molecule has 5 heteroatoms. The SMILES string of the molecule is CCC(=O)CCc1nc2ccc(O)c(C=O)c2n1C. The Morgan fingerprint density at radius 3 is 2.84 bits per heavy atom. The van der Waals surface area contributed by atoms with Gasteiger partial charge in [-0.25, -0.2) is 4.98 Å². The van der Waals surface area contributed by atoms with E-state index in [9.17, 15) is 14.7 Å². The molecule has 0 amide bonds. The van der Waals surface area contributed by atoms with E-state index in [1.807, 2.05) is 6.92 Å². The van der Waals surface area contributed by atoms with Gasteiger partial charge in [0.2, 0.25) is 0 Å². The van der Waals surface area contributed by atoms with Crippen LogP contribution in [0.2, 0.25) is 0 Å². The van der Waals surface area contributed by atoms with Crippen molar-refractivity contribution >= 4 is 23.1 Å². The van der Waals surface area contributed by atoms with Crippen molar-refractivity contribution in [1.82, 2.24) is 9.55 Å². The molecule has 0 aliphatic rings. The first kappa shape index (κ1) is 13.3. The Balaban J connectivity index is 2.45. The van der Waals surface area contributed by atoms with Crippen molar-refractivity contribution in [2.75, 3.05) is 0 Å². The summed E-state index contributed by atoms with van der Waals surface area (Å²) in [4.78, 5) is 26.8. The molecule has 1 N–H and O–H groups in total. The second-order valence-corrected chi connectivity index (χ2v) is 4.46. The van der Waals surface area contributed by atoms with Crippen LogP contribution in [0.1, 0.15) is 35.9 Å². The van der Waals surface area contributed by atoms with Gasteiger partial charge in [-0.1, -0.05) is 6.92 Å². The van der Waals surface area contributed by atoms with Crippen molar-refractivity contribution in [3.8, 4) is 5.75 Å². The highest BCUT2D eigenvalue weighted by Crippen LogP contribution is 2.26. The fourth-order valence-corrected chi connectivity index (χ4v) is 2.14. The molecule has 0 aliphatic carbocycles. The van der Waals surface area contributed by atoms with Crippen LogP contribution in [0.4, 0.5) is 0 Å². The average Bonchev–Trinajstić information content (AvgIpc) is 2.73. The number of Topliss-reactive ketones (excluding diaryl/α,β-unsaturated/α-hetero) is 1. The molecule has 0 fully saturated rings. The summed E-state index contributed by atoms with van der Waals surface area (Å²) in [7, 11) is 1.79. The molecule has 0 atom stereocenters. The molecule has 19 heavy (non-hydrogen) atoms. The summed E-state index contributed by atoms with van der Waals surface area (Å²) in [6.07, 6.45) is 2.12. The van der Waals surface area contributed by atoms with Crippen molar-refractivity contribution in [2.24, 2.45) is 7.05 Å². The molecular weight excluding hydrogens is 244 g/mol. The third kappa shape index (κ3) is 2.36. The highest BCUT2D eigenvalue weighted by atomic mass is 16.3. The standard InChI is InChI=1S/C14H16N2O3/c1-3-9(18)4-7-13-15-11-5-6-12(19)10(8-17)14(11)16(13)2/h5-6,8,19H,3-4,7H2,1-2H3. The normalized spacial score (nSPS) is 10.8. The van der Waals surface area contributed by atoms with Crippen LogP contribution in [0.5, 0.6) is 5.75 Å². The summed E-state index contributed by atoms with van der Waals surface area (Å²) in [5.74, 6) is 0.873. The maximum atomic E-state index is 11.4. The first-order chi connectivity index (χ1) is 9.08. The van der Waals surface area contributed by atoms with Gasteiger partial charge in [-0.05, 0) is 12.1 Å². The minimum atomic E-state index is -0.0540.